The Morgan fingerprint density at radius 3 is 2.00 bits per heavy atom. The molecule has 0 aromatic rings. The molecule has 0 radical (unpaired) electrons. The van der Waals surface area contributed by atoms with Crippen molar-refractivity contribution in [3.63, 3.8) is 0 Å². The number of methoxy groups -OCH3 is 2. The number of ether oxygens (including phenoxy) is 2. The molecule has 2 nitrogen and oxygen atoms in total. The van der Waals surface area contributed by atoms with Crippen molar-refractivity contribution in [2.75, 3.05) is 14.2 Å². The highest BCUT2D eigenvalue weighted by Gasteiger charge is 2.05. The second-order valence-electron chi connectivity index (χ2n) is 1.71. The molecule has 0 atom stereocenters. The van der Waals surface area contributed by atoms with Crippen molar-refractivity contribution in [3.8, 4) is 0 Å². The Balaban J connectivity index is 4.76. The fourth-order valence-corrected chi connectivity index (χ4v) is 0.971. The second-order valence-corrected chi connectivity index (χ2v) is 2.67. The fraction of sp³-hybridized carbons (Fsp3) is 0.250. The standard InChI is InChI=1S/C8H11BrO2/c1-5-7(10-3)8(11-4)6(2)9/h5H,1-2H2,3-4H3/b8-7-. The van der Waals surface area contributed by atoms with Gasteiger partial charge in [0, 0.05) is 0 Å². The lowest BCUT2D eigenvalue weighted by Gasteiger charge is -2.07. The SMILES string of the molecule is C=C/C(OC)=C(/OC)C(=C)Br. The molecule has 0 fully saturated rings. The van der Waals surface area contributed by atoms with Gasteiger partial charge >= 0.3 is 0 Å². The van der Waals surface area contributed by atoms with Crippen LogP contribution in [-0.2, 0) is 9.47 Å². The largest absolute Gasteiger partial charge is 0.493 e. The Kier molecular flexibility index (Phi) is 4.70. The van der Waals surface area contributed by atoms with E-state index in [2.05, 4.69) is 29.1 Å². The van der Waals surface area contributed by atoms with Crippen LogP contribution in [-0.4, -0.2) is 14.2 Å². The van der Waals surface area contributed by atoms with Gasteiger partial charge in [-0.15, -0.1) is 0 Å². The van der Waals surface area contributed by atoms with Crippen molar-refractivity contribution in [1.82, 2.24) is 0 Å². The van der Waals surface area contributed by atoms with Crippen molar-refractivity contribution >= 4 is 15.9 Å². The van der Waals surface area contributed by atoms with Crippen molar-refractivity contribution in [1.29, 1.82) is 0 Å². The number of allylic oxidation sites excluding steroid dienone is 2. The molecule has 0 bridgehead atoms. The van der Waals surface area contributed by atoms with Gasteiger partial charge in [0.1, 0.15) is 0 Å². The summed E-state index contributed by atoms with van der Waals surface area (Å²) in [5, 5.41) is 0. The fourth-order valence-electron chi connectivity index (χ4n) is 0.614. The number of hydrogen-bond acceptors (Lipinski definition) is 2. The first-order chi connectivity index (χ1) is 5.17. The lowest BCUT2D eigenvalue weighted by atomic mass is 10.4. The molecule has 11 heavy (non-hydrogen) atoms. The molecule has 0 saturated carbocycles. The minimum absolute atomic E-state index is 0.558. The highest BCUT2D eigenvalue weighted by atomic mass is 79.9. The Morgan fingerprint density at radius 2 is 1.91 bits per heavy atom. The molecule has 0 saturated heterocycles. The first-order valence-corrected chi connectivity index (χ1v) is 3.76. The molecule has 0 rings (SSSR count). The van der Waals surface area contributed by atoms with Crippen molar-refractivity contribution < 1.29 is 9.47 Å². The molecule has 0 N–H and O–H groups in total. The zero-order chi connectivity index (χ0) is 8.85. The van der Waals surface area contributed by atoms with Gasteiger partial charge in [-0.05, 0) is 22.0 Å². The van der Waals surface area contributed by atoms with Gasteiger partial charge in [0.15, 0.2) is 11.5 Å². The van der Waals surface area contributed by atoms with Gasteiger partial charge in [-0.25, -0.2) is 0 Å². The molecule has 0 aromatic heterocycles. The van der Waals surface area contributed by atoms with Gasteiger partial charge in [-0.1, -0.05) is 13.2 Å². The minimum Gasteiger partial charge on any atom is -0.493 e. The molecule has 3 heteroatoms. The topological polar surface area (TPSA) is 18.5 Å². The minimum atomic E-state index is 0.558. The second kappa shape index (κ2) is 5.02. The zero-order valence-corrected chi connectivity index (χ0v) is 8.27. The van der Waals surface area contributed by atoms with Crippen LogP contribution in [0.25, 0.3) is 0 Å². The quantitative estimate of drug-likeness (QED) is 0.534. The highest BCUT2D eigenvalue weighted by molar-refractivity contribution is 9.11. The van der Waals surface area contributed by atoms with Crippen LogP contribution >= 0.6 is 15.9 Å². The average molecular weight is 219 g/mol. The Hall–Kier alpha value is -0.700. The smallest absolute Gasteiger partial charge is 0.174 e. The van der Waals surface area contributed by atoms with Gasteiger partial charge < -0.3 is 9.47 Å². The van der Waals surface area contributed by atoms with Crippen LogP contribution in [0.15, 0.2) is 35.2 Å². The molecule has 0 heterocycles. The van der Waals surface area contributed by atoms with Crippen molar-refractivity contribution in [3.05, 3.63) is 35.2 Å². The third-order valence-electron chi connectivity index (χ3n) is 1.08. The Bertz CT molecular complexity index is 194. The van der Waals surface area contributed by atoms with Crippen LogP contribution in [0.5, 0.6) is 0 Å². The van der Waals surface area contributed by atoms with E-state index in [0.717, 1.165) is 0 Å². The molecule has 0 spiro atoms. The van der Waals surface area contributed by atoms with E-state index in [1.165, 1.54) is 0 Å². The summed E-state index contributed by atoms with van der Waals surface area (Å²) in [6.45, 7) is 7.21. The van der Waals surface area contributed by atoms with Crippen LogP contribution in [0.4, 0.5) is 0 Å². The average Bonchev–Trinajstić information content (AvgIpc) is 1.99. The predicted octanol–water partition coefficient (Wildman–Crippen LogP) is 2.59. The van der Waals surface area contributed by atoms with Crippen LogP contribution in [0.3, 0.4) is 0 Å². The van der Waals surface area contributed by atoms with Crippen molar-refractivity contribution in [2.45, 2.75) is 0 Å². The lowest BCUT2D eigenvalue weighted by Crippen LogP contribution is -1.93. The molecule has 62 valence electrons. The molecule has 0 aliphatic rings. The molecular weight excluding hydrogens is 208 g/mol. The molecule has 0 unspecified atom stereocenters. The van der Waals surface area contributed by atoms with Crippen LogP contribution < -0.4 is 0 Å². The Morgan fingerprint density at radius 1 is 1.36 bits per heavy atom. The summed E-state index contributed by atoms with van der Waals surface area (Å²) < 4.78 is 10.6. The van der Waals surface area contributed by atoms with Crippen LogP contribution in [0, 0.1) is 0 Å². The number of halogens is 1. The van der Waals surface area contributed by atoms with Crippen LogP contribution in [0.1, 0.15) is 0 Å². The molecule has 0 amide bonds. The molecular formula is C8H11BrO2. The van der Waals surface area contributed by atoms with E-state index in [9.17, 15) is 0 Å². The van der Waals surface area contributed by atoms with Gasteiger partial charge in [0.2, 0.25) is 0 Å². The van der Waals surface area contributed by atoms with Gasteiger partial charge in [-0.3, -0.25) is 0 Å². The van der Waals surface area contributed by atoms with E-state index in [1.54, 1.807) is 20.3 Å². The maximum Gasteiger partial charge on any atom is 0.174 e. The first kappa shape index (κ1) is 10.3. The Labute approximate surface area is 75.3 Å². The molecule has 0 aromatic carbocycles. The van der Waals surface area contributed by atoms with Gasteiger partial charge in [0.25, 0.3) is 0 Å². The normalized spacial score (nSPS) is 11.5. The van der Waals surface area contributed by atoms with Gasteiger partial charge in [-0.2, -0.15) is 0 Å². The zero-order valence-electron chi connectivity index (χ0n) is 6.69. The monoisotopic (exact) mass is 218 g/mol. The first-order valence-electron chi connectivity index (χ1n) is 2.96. The predicted molar refractivity (Wildman–Crippen MR) is 49.3 cm³/mol. The van der Waals surface area contributed by atoms with Gasteiger partial charge in [0.05, 0.1) is 18.7 Å². The summed E-state index contributed by atoms with van der Waals surface area (Å²) >= 11 is 3.18. The lowest BCUT2D eigenvalue weighted by molar-refractivity contribution is 0.241. The van der Waals surface area contributed by atoms with E-state index in [1.807, 2.05) is 0 Å². The summed E-state index contributed by atoms with van der Waals surface area (Å²) in [5.41, 5.74) is 0. The maximum atomic E-state index is 4.99. The van der Waals surface area contributed by atoms with Crippen LogP contribution in [0.2, 0.25) is 0 Å². The maximum absolute atomic E-state index is 4.99. The summed E-state index contributed by atoms with van der Waals surface area (Å²) in [5.74, 6) is 1.12. The molecule has 0 aliphatic heterocycles. The number of rotatable bonds is 4. The number of hydrogen-bond donors (Lipinski definition) is 0. The van der Waals surface area contributed by atoms with E-state index in [-0.39, 0.29) is 0 Å². The molecule has 0 aliphatic carbocycles. The summed E-state index contributed by atoms with van der Waals surface area (Å²) in [6, 6.07) is 0. The van der Waals surface area contributed by atoms with Crippen molar-refractivity contribution in [2.24, 2.45) is 0 Å². The summed E-state index contributed by atoms with van der Waals surface area (Å²) in [6.07, 6.45) is 1.56. The van der Waals surface area contributed by atoms with E-state index < -0.39 is 0 Å². The third-order valence-corrected chi connectivity index (χ3v) is 1.44. The van der Waals surface area contributed by atoms with E-state index in [0.29, 0.717) is 16.0 Å². The summed E-state index contributed by atoms with van der Waals surface area (Å²) in [7, 11) is 3.09. The third kappa shape index (κ3) is 2.80. The summed E-state index contributed by atoms with van der Waals surface area (Å²) in [4.78, 5) is 0. The highest BCUT2D eigenvalue weighted by Crippen LogP contribution is 2.20. The van der Waals surface area contributed by atoms with E-state index >= 15 is 0 Å². The van der Waals surface area contributed by atoms with E-state index in [4.69, 9.17) is 9.47 Å².